The van der Waals surface area contributed by atoms with Crippen molar-refractivity contribution in [3.05, 3.63) is 35.9 Å². The fourth-order valence-corrected chi connectivity index (χ4v) is 2.72. The van der Waals surface area contributed by atoms with Gasteiger partial charge in [0.1, 0.15) is 6.61 Å². The molecule has 1 aromatic carbocycles. The summed E-state index contributed by atoms with van der Waals surface area (Å²) in [5, 5.41) is 0. The van der Waals surface area contributed by atoms with E-state index in [1.807, 2.05) is 0 Å². The Kier molecular flexibility index (Phi) is 6.27. The highest BCUT2D eigenvalue weighted by Gasteiger charge is 2.54. The third-order valence-electron chi connectivity index (χ3n) is 3.76. The van der Waals surface area contributed by atoms with Gasteiger partial charge in [0, 0.05) is 20.8 Å². The van der Waals surface area contributed by atoms with Gasteiger partial charge in [0.15, 0.2) is 0 Å². The van der Waals surface area contributed by atoms with Crippen LogP contribution < -0.4 is 0 Å². The number of esters is 3. The van der Waals surface area contributed by atoms with E-state index in [-0.39, 0.29) is 6.61 Å². The van der Waals surface area contributed by atoms with E-state index < -0.39 is 48.0 Å². The van der Waals surface area contributed by atoms with E-state index >= 15 is 0 Å². The molecule has 1 aliphatic heterocycles. The second-order valence-corrected chi connectivity index (χ2v) is 5.84. The second-order valence-electron chi connectivity index (χ2n) is 5.84. The minimum absolute atomic E-state index is 0.295. The van der Waals surface area contributed by atoms with Gasteiger partial charge >= 0.3 is 17.9 Å². The molecule has 3 atom stereocenters. The maximum Gasteiger partial charge on any atom is 0.303 e. The number of likely N-dealkylation sites (tertiary alicyclic amines) is 1. The molecule has 1 fully saturated rings. The second kappa shape index (κ2) is 8.43. The van der Waals surface area contributed by atoms with Gasteiger partial charge in [-0.1, -0.05) is 30.3 Å². The number of amides is 2. The summed E-state index contributed by atoms with van der Waals surface area (Å²) < 4.78 is 14.8. The van der Waals surface area contributed by atoms with Crippen LogP contribution in [0.2, 0.25) is 0 Å². The van der Waals surface area contributed by atoms with Gasteiger partial charge in [0.25, 0.3) is 11.8 Å². The predicted octanol–water partition coefficient (Wildman–Crippen LogP) is 0.523. The van der Waals surface area contributed by atoms with Crippen molar-refractivity contribution >= 4 is 29.7 Å². The molecular formula is C18H19NO8. The highest BCUT2D eigenvalue weighted by Crippen LogP contribution is 2.30. The number of hydrogen-bond donors (Lipinski definition) is 0. The molecule has 1 heterocycles. The zero-order valence-corrected chi connectivity index (χ0v) is 15.0. The molecule has 0 spiro atoms. The number of ether oxygens (including phenoxy) is 3. The lowest BCUT2D eigenvalue weighted by Gasteiger charge is -2.26. The molecule has 3 unspecified atom stereocenters. The first-order valence-corrected chi connectivity index (χ1v) is 8.12. The molecule has 0 N–H and O–H groups in total. The molecule has 0 aromatic heterocycles. The molecule has 0 aliphatic carbocycles. The van der Waals surface area contributed by atoms with Crippen LogP contribution in [0.5, 0.6) is 0 Å². The Morgan fingerprint density at radius 1 is 0.889 bits per heavy atom. The van der Waals surface area contributed by atoms with E-state index in [0.29, 0.717) is 5.56 Å². The smallest absolute Gasteiger partial charge is 0.303 e. The van der Waals surface area contributed by atoms with Crippen molar-refractivity contribution in [2.45, 2.75) is 39.0 Å². The van der Waals surface area contributed by atoms with Crippen molar-refractivity contribution in [2.24, 2.45) is 0 Å². The summed E-state index contributed by atoms with van der Waals surface area (Å²) in [4.78, 5) is 60.3. The van der Waals surface area contributed by atoms with Crippen molar-refractivity contribution in [1.29, 1.82) is 0 Å². The van der Waals surface area contributed by atoms with Gasteiger partial charge < -0.3 is 14.2 Å². The average molecular weight is 377 g/mol. The van der Waals surface area contributed by atoms with Crippen LogP contribution in [0.25, 0.3) is 0 Å². The Morgan fingerprint density at radius 2 is 1.37 bits per heavy atom. The first-order chi connectivity index (χ1) is 12.7. The lowest BCUT2D eigenvalue weighted by atomic mass is 10.1. The predicted molar refractivity (Wildman–Crippen MR) is 88.8 cm³/mol. The molecular weight excluding hydrogens is 358 g/mol. The molecule has 1 aromatic rings. The van der Waals surface area contributed by atoms with E-state index in [1.54, 1.807) is 30.3 Å². The molecule has 0 radical (unpaired) electrons. The summed E-state index contributed by atoms with van der Waals surface area (Å²) in [5.74, 6) is -3.93. The van der Waals surface area contributed by atoms with Crippen LogP contribution in [0.3, 0.4) is 0 Å². The fraction of sp³-hybridized carbons (Fsp3) is 0.389. The largest absolute Gasteiger partial charge is 0.463 e. The molecule has 0 saturated carbocycles. The summed E-state index contributed by atoms with van der Waals surface area (Å²) in [5.41, 5.74) is 0.519. The fourth-order valence-electron chi connectivity index (χ4n) is 2.72. The number of hydrogen-bond acceptors (Lipinski definition) is 8. The number of nitrogens with zero attached hydrogens (tertiary/aromatic N) is 1. The number of benzene rings is 1. The zero-order chi connectivity index (χ0) is 20.1. The van der Waals surface area contributed by atoms with Gasteiger partial charge in [-0.15, -0.1) is 0 Å². The number of carbonyl (C=O) groups excluding carboxylic acids is 5. The van der Waals surface area contributed by atoms with Gasteiger partial charge in [-0.25, -0.2) is 0 Å². The number of carbonyl (C=O) groups is 5. The topological polar surface area (TPSA) is 116 Å². The van der Waals surface area contributed by atoms with Crippen molar-refractivity contribution < 1.29 is 38.2 Å². The Bertz CT molecular complexity index is 726. The third kappa shape index (κ3) is 4.69. The Balaban J connectivity index is 2.42. The van der Waals surface area contributed by atoms with Crippen molar-refractivity contribution in [1.82, 2.24) is 4.90 Å². The van der Waals surface area contributed by atoms with Crippen molar-refractivity contribution in [2.75, 3.05) is 6.61 Å². The van der Waals surface area contributed by atoms with Crippen LogP contribution in [0.4, 0.5) is 0 Å². The quantitative estimate of drug-likeness (QED) is 0.400. The van der Waals surface area contributed by atoms with Crippen molar-refractivity contribution in [3.63, 3.8) is 0 Å². The van der Waals surface area contributed by atoms with Gasteiger partial charge in [-0.05, 0) is 5.56 Å². The average Bonchev–Trinajstić information content (AvgIpc) is 2.80. The Labute approximate surface area is 155 Å². The molecule has 2 rings (SSSR count). The highest BCUT2D eigenvalue weighted by molar-refractivity contribution is 6.09. The normalized spacial score (nSPS) is 20.2. The maximum atomic E-state index is 12.8. The third-order valence-corrected chi connectivity index (χ3v) is 3.76. The van der Waals surface area contributed by atoms with E-state index in [2.05, 4.69) is 0 Å². The van der Waals surface area contributed by atoms with Crippen molar-refractivity contribution in [3.8, 4) is 0 Å². The molecule has 1 saturated heterocycles. The number of imide groups is 1. The minimum Gasteiger partial charge on any atom is -0.463 e. The summed E-state index contributed by atoms with van der Waals surface area (Å²) in [6.07, 6.45) is -3.19. The van der Waals surface area contributed by atoms with Gasteiger partial charge in [-0.2, -0.15) is 0 Å². The SMILES string of the molecule is CC(=O)OCC(c1ccccc1)N1C(=O)C(OC(C)=O)C(OC(C)=O)C1=O. The lowest BCUT2D eigenvalue weighted by molar-refractivity contribution is -0.167. The molecule has 144 valence electrons. The first-order valence-electron chi connectivity index (χ1n) is 8.12. The summed E-state index contributed by atoms with van der Waals surface area (Å²) in [6, 6.07) is 7.45. The van der Waals surface area contributed by atoms with Crippen LogP contribution in [0.15, 0.2) is 30.3 Å². The summed E-state index contributed by atoms with van der Waals surface area (Å²) in [7, 11) is 0. The zero-order valence-electron chi connectivity index (χ0n) is 15.0. The van der Waals surface area contributed by atoms with Crippen LogP contribution in [0.1, 0.15) is 32.4 Å². The molecule has 9 heteroatoms. The van der Waals surface area contributed by atoms with Gasteiger partial charge in [0.2, 0.25) is 12.2 Å². The number of rotatable bonds is 6. The monoisotopic (exact) mass is 377 g/mol. The van der Waals surface area contributed by atoms with Gasteiger partial charge in [-0.3, -0.25) is 28.9 Å². The molecule has 9 nitrogen and oxygen atoms in total. The van der Waals surface area contributed by atoms with Crippen LogP contribution in [-0.4, -0.2) is 53.4 Å². The van der Waals surface area contributed by atoms with E-state index in [4.69, 9.17) is 14.2 Å². The Hall–Kier alpha value is -3.23. The van der Waals surface area contributed by atoms with E-state index in [1.165, 1.54) is 6.92 Å². The van der Waals surface area contributed by atoms with Gasteiger partial charge in [0.05, 0.1) is 6.04 Å². The Morgan fingerprint density at radius 3 is 1.78 bits per heavy atom. The highest BCUT2D eigenvalue weighted by atomic mass is 16.6. The maximum absolute atomic E-state index is 12.8. The minimum atomic E-state index is -1.59. The summed E-state index contributed by atoms with van der Waals surface area (Å²) >= 11 is 0. The molecule has 2 amide bonds. The summed E-state index contributed by atoms with van der Waals surface area (Å²) in [6.45, 7) is 3.03. The van der Waals surface area contributed by atoms with E-state index in [0.717, 1.165) is 18.7 Å². The van der Waals surface area contributed by atoms with Crippen LogP contribution in [0, 0.1) is 0 Å². The molecule has 1 aliphatic rings. The molecule has 0 bridgehead atoms. The van der Waals surface area contributed by atoms with Crippen LogP contribution >= 0.6 is 0 Å². The first kappa shape index (κ1) is 20.1. The lowest BCUT2D eigenvalue weighted by Crippen LogP contribution is -2.39. The molecule has 27 heavy (non-hydrogen) atoms. The van der Waals surface area contributed by atoms with Crippen LogP contribution in [-0.2, 0) is 38.2 Å². The standard InChI is InChI=1S/C18H19NO8/c1-10(20)25-9-14(13-7-5-4-6-8-13)19-17(23)15(26-11(2)21)16(18(19)24)27-12(3)22/h4-8,14-16H,9H2,1-3H3. The van der Waals surface area contributed by atoms with E-state index in [9.17, 15) is 24.0 Å².